The van der Waals surface area contributed by atoms with E-state index in [0.29, 0.717) is 18.4 Å². The number of benzene rings is 1. The predicted octanol–water partition coefficient (Wildman–Crippen LogP) is 7.37. The minimum absolute atomic E-state index is 0.111. The first-order chi connectivity index (χ1) is 15.5. The molecule has 0 amide bonds. The van der Waals surface area contributed by atoms with Gasteiger partial charge >= 0.3 is 5.97 Å². The van der Waals surface area contributed by atoms with Crippen molar-refractivity contribution in [3.8, 4) is 0 Å². The van der Waals surface area contributed by atoms with Crippen molar-refractivity contribution in [1.82, 2.24) is 0 Å². The summed E-state index contributed by atoms with van der Waals surface area (Å²) in [5.74, 6) is -0.0829. The standard InChI is InChI=1S/C27H42O4S/c1-3-4-5-6-7-8-9-10-11-12-13-14-15-18-21-32(29,30)27-25-20-17-16-19-24(25)22-26(27)31-23(2)28/h16-17,19-20H,3-15,18,21-22H2,1-2H3. The third kappa shape index (κ3) is 9.09. The molecule has 180 valence electrons. The Kier molecular flexibility index (Phi) is 12.1. The number of esters is 1. The summed E-state index contributed by atoms with van der Waals surface area (Å²) in [5, 5.41) is 0. The number of allylic oxidation sites excluding steroid dienone is 1. The average molecular weight is 463 g/mol. The van der Waals surface area contributed by atoms with E-state index < -0.39 is 15.8 Å². The summed E-state index contributed by atoms with van der Waals surface area (Å²) < 4.78 is 31.4. The number of hydrogen-bond donors (Lipinski definition) is 0. The molecule has 0 aliphatic heterocycles. The molecule has 2 rings (SSSR count). The van der Waals surface area contributed by atoms with Crippen LogP contribution in [0.4, 0.5) is 0 Å². The Bertz CT molecular complexity index is 839. The van der Waals surface area contributed by atoms with Gasteiger partial charge in [0.15, 0.2) is 9.84 Å². The van der Waals surface area contributed by atoms with Crippen molar-refractivity contribution in [2.45, 2.75) is 110 Å². The molecule has 0 aromatic heterocycles. The quantitative estimate of drug-likeness (QED) is 0.179. The van der Waals surface area contributed by atoms with E-state index in [-0.39, 0.29) is 16.4 Å². The highest BCUT2D eigenvalue weighted by Gasteiger charge is 2.32. The molecular formula is C27H42O4S. The normalized spacial score (nSPS) is 13.4. The molecule has 1 aliphatic carbocycles. The van der Waals surface area contributed by atoms with E-state index >= 15 is 0 Å². The van der Waals surface area contributed by atoms with Crippen LogP contribution in [0.5, 0.6) is 0 Å². The molecule has 0 spiro atoms. The Balaban J connectivity index is 1.64. The molecule has 4 nitrogen and oxygen atoms in total. The van der Waals surface area contributed by atoms with Gasteiger partial charge in [0.25, 0.3) is 0 Å². The summed E-state index contributed by atoms with van der Waals surface area (Å²) in [4.78, 5) is 11.7. The maximum Gasteiger partial charge on any atom is 0.307 e. The van der Waals surface area contributed by atoms with E-state index in [1.54, 1.807) is 0 Å². The van der Waals surface area contributed by atoms with Crippen molar-refractivity contribution in [2.24, 2.45) is 0 Å². The highest BCUT2D eigenvalue weighted by molar-refractivity contribution is 8.00. The van der Waals surface area contributed by atoms with Gasteiger partial charge in [-0.3, -0.25) is 4.79 Å². The summed E-state index contributed by atoms with van der Waals surface area (Å²) in [7, 11) is -3.48. The monoisotopic (exact) mass is 462 g/mol. The molecule has 0 fully saturated rings. The number of sulfone groups is 1. The molecule has 1 aromatic carbocycles. The minimum atomic E-state index is -3.48. The number of unbranched alkanes of at least 4 members (excludes halogenated alkanes) is 13. The van der Waals surface area contributed by atoms with Gasteiger partial charge in [-0.1, -0.05) is 115 Å². The fraction of sp³-hybridized carbons (Fsp3) is 0.667. The number of carbonyl (C=O) groups is 1. The highest BCUT2D eigenvalue weighted by Crippen LogP contribution is 2.37. The molecule has 0 radical (unpaired) electrons. The summed E-state index contributed by atoms with van der Waals surface area (Å²) in [6, 6.07) is 7.42. The van der Waals surface area contributed by atoms with E-state index in [4.69, 9.17) is 4.74 Å². The van der Waals surface area contributed by atoms with Gasteiger partial charge in [-0.05, 0) is 12.0 Å². The Morgan fingerprint density at radius 1 is 0.812 bits per heavy atom. The lowest BCUT2D eigenvalue weighted by Gasteiger charge is -2.10. The lowest BCUT2D eigenvalue weighted by Crippen LogP contribution is -2.11. The molecular weight excluding hydrogens is 420 g/mol. The van der Waals surface area contributed by atoms with E-state index in [9.17, 15) is 13.2 Å². The van der Waals surface area contributed by atoms with Gasteiger partial charge in [-0.2, -0.15) is 0 Å². The SMILES string of the molecule is CCCCCCCCCCCCCCCCS(=O)(=O)C1=C(OC(C)=O)Cc2ccccc21. The van der Waals surface area contributed by atoms with Gasteiger partial charge < -0.3 is 4.74 Å². The lowest BCUT2D eigenvalue weighted by atomic mass is 10.0. The van der Waals surface area contributed by atoms with Crippen LogP contribution < -0.4 is 0 Å². The van der Waals surface area contributed by atoms with Crippen molar-refractivity contribution >= 4 is 20.7 Å². The van der Waals surface area contributed by atoms with Gasteiger partial charge in [0, 0.05) is 18.9 Å². The van der Waals surface area contributed by atoms with Crippen LogP contribution in [-0.4, -0.2) is 20.1 Å². The first kappa shape index (κ1) is 26.6. The van der Waals surface area contributed by atoms with Crippen LogP contribution in [0, 0.1) is 0 Å². The minimum Gasteiger partial charge on any atom is -0.429 e. The predicted molar refractivity (Wildman–Crippen MR) is 133 cm³/mol. The maximum atomic E-state index is 13.1. The van der Waals surface area contributed by atoms with Gasteiger partial charge in [-0.25, -0.2) is 8.42 Å². The zero-order chi connectivity index (χ0) is 23.2. The number of carbonyl (C=O) groups excluding carboxylic acids is 1. The van der Waals surface area contributed by atoms with E-state index in [0.717, 1.165) is 18.4 Å². The molecule has 1 aromatic rings. The Morgan fingerprint density at radius 3 is 1.84 bits per heavy atom. The molecule has 32 heavy (non-hydrogen) atoms. The summed E-state index contributed by atoms with van der Waals surface area (Å²) >= 11 is 0. The fourth-order valence-electron chi connectivity index (χ4n) is 4.49. The van der Waals surface area contributed by atoms with Gasteiger partial charge in [-0.15, -0.1) is 0 Å². The maximum absolute atomic E-state index is 13.1. The van der Waals surface area contributed by atoms with Crippen molar-refractivity contribution < 1.29 is 17.9 Å². The number of rotatable bonds is 17. The van der Waals surface area contributed by atoms with Crippen LogP contribution in [0.1, 0.15) is 115 Å². The summed E-state index contributed by atoms with van der Waals surface area (Å²) in [5.41, 5.74) is 1.59. The molecule has 0 saturated heterocycles. The van der Waals surface area contributed by atoms with Crippen LogP contribution in [0.25, 0.3) is 4.91 Å². The van der Waals surface area contributed by atoms with Crippen LogP contribution in [-0.2, 0) is 25.8 Å². The number of fused-ring (bicyclic) bond motifs is 1. The lowest BCUT2D eigenvalue weighted by molar-refractivity contribution is -0.136. The first-order valence-corrected chi connectivity index (χ1v) is 14.3. The second-order valence-corrected chi connectivity index (χ2v) is 11.1. The molecule has 0 bridgehead atoms. The zero-order valence-electron chi connectivity index (χ0n) is 20.2. The number of hydrogen-bond acceptors (Lipinski definition) is 4. The van der Waals surface area contributed by atoms with Crippen molar-refractivity contribution in [2.75, 3.05) is 5.75 Å². The van der Waals surface area contributed by atoms with Crippen LogP contribution in [0.3, 0.4) is 0 Å². The Labute approximate surface area is 195 Å². The summed E-state index contributed by atoms with van der Waals surface area (Å²) in [6.07, 6.45) is 17.6. The zero-order valence-corrected chi connectivity index (χ0v) is 21.0. The van der Waals surface area contributed by atoms with E-state index in [1.165, 1.54) is 77.6 Å². The topological polar surface area (TPSA) is 60.4 Å². The highest BCUT2D eigenvalue weighted by atomic mass is 32.2. The third-order valence-corrected chi connectivity index (χ3v) is 8.11. The van der Waals surface area contributed by atoms with E-state index in [2.05, 4.69) is 6.92 Å². The van der Waals surface area contributed by atoms with Gasteiger partial charge in [0.1, 0.15) is 10.7 Å². The first-order valence-electron chi connectivity index (χ1n) is 12.7. The molecule has 5 heteroatoms. The third-order valence-electron chi connectivity index (χ3n) is 6.21. The molecule has 0 atom stereocenters. The largest absolute Gasteiger partial charge is 0.429 e. The molecule has 0 N–H and O–H groups in total. The fourth-order valence-corrected chi connectivity index (χ4v) is 6.27. The van der Waals surface area contributed by atoms with E-state index in [1.807, 2.05) is 24.3 Å². The molecule has 0 heterocycles. The van der Waals surface area contributed by atoms with Crippen LogP contribution >= 0.6 is 0 Å². The van der Waals surface area contributed by atoms with Crippen LogP contribution in [0.2, 0.25) is 0 Å². The van der Waals surface area contributed by atoms with Crippen molar-refractivity contribution in [1.29, 1.82) is 0 Å². The smallest absolute Gasteiger partial charge is 0.307 e. The second-order valence-electron chi connectivity index (χ2n) is 9.09. The number of ether oxygens (including phenoxy) is 1. The summed E-state index contributed by atoms with van der Waals surface area (Å²) in [6.45, 7) is 3.57. The Hall–Kier alpha value is -1.62. The molecule has 0 unspecified atom stereocenters. The second kappa shape index (κ2) is 14.5. The van der Waals surface area contributed by atoms with Crippen molar-refractivity contribution in [3.05, 3.63) is 41.2 Å². The van der Waals surface area contributed by atoms with Gasteiger partial charge in [0.05, 0.1) is 5.75 Å². The van der Waals surface area contributed by atoms with Gasteiger partial charge in [0.2, 0.25) is 0 Å². The molecule has 1 aliphatic rings. The molecule has 0 saturated carbocycles. The average Bonchev–Trinajstić information content (AvgIpc) is 3.12. The Morgan fingerprint density at radius 2 is 1.31 bits per heavy atom. The van der Waals surface area contributed by atoms with Crippen LogP contribution in [0.15, 0.2) is 30.0 Å². The van der Waals surface area contributed by atoms with Crippen molar-refractivity contribution in [3.63, 3.8) is 0 Å².